The Morgan fingerprint density at radius 3 is 2.42 bits per heavy atom. The van der Waals surface area contributed by atoms with Gasteiger partial charge in [0.1, 0.15) is 12.1 Å². The van der Waals surface area contributed by atoms with Gasteiger partial charge in [0.05, 0.1) is 0 Å². The van der Waals surface area contributed by atoms with Gasteiger partial charge < -0.3 is 15.4 Å². The van der Waals surface area contributed by atoms with Crippen LogP contribution in [0.4, 0.5) is 0 Å². The van der Waals surface area contributed by atoms with Crippen molar-refractivity contribution in [1.82, 2.24) is 10.6 Å². The Bertz CT molecular complexity index is 310. The van der Waals surface area contributed by atoms with Gasteiger partial charge in [-0.1, -0.05) is 0 Å². The van der Waals surface area contributed by atoms with Gasteiger partial charge in [0.15, 0.2) is 5.96 Å². The first-order valence-corrected chi connectivity index (χ1v) is 6.64. The van der Waals surface area contributed by atoms with E-state index in [1.54, 1.807) is 0 Å². The molecular weight excluding hydrogens is 357 g/mol. The van der Waals surface area contributed by atoms with Crippen LogP contribution < -0.4 is 10.6 Å². The Balaban J connectivity index is 0.00000324. The predicted octanol–water partition coefficient (Wildman–Crippen LogP) is 1.91. The second-order valence-electron chi connectivity index (χ2n) is 5.61. The van der Waals surface area contributed by atoms with Crippen molar-refractivity contribution in [2.24, 2.45) is 10.9 Å². The minimum atomic E-state index is -0.452. The summed E-state index contributed by atoms with van der Waals surface area (Å²) >= 11 is 0. The van der Waals surface area contributed by atoms with Crippen LogP contribution in [-0.4, -0.2) is 37.2 Å². The zero-order chi connectivity index (χ0) is 13.6. The second-order valence-corrected chi connectivity index (χ2v) is 5.61. The topological polar surface area (TPSA) is 62.7 Å². The smallest absolute Gasteiger partial charge is 0.328 e. The maximum absolute atomic E-state index is 11.5. The normalized spacial score (nSPS) is 15.5. The van der Waals surface area contributed by atoms with E-state index in [-0.39, 0.29) is 36.5 Å². The number of nitrogens with one attached hydrogen (secondary N) is 2. The number of carbonyl (C=O) groups excluding carboxylic acids is 1. The molecule has 0 heterocycles. The lowest BCUT2D eigenvalue weighted by atomic mass is 10.2. The lowest BCUT2D eigenvalue weighted by Crippen LogP contribution is -2.39. The minimum Gasteiger partial charge on any atom is -0.459 e. The van der Waals surface area contributed by atoms with E-state index in [0.717, 1.165) is 19.0 Å². The Morgan fingerprint density at radius 2 is 1.95 bits per heavy atom. The van der Waals surface area contributed by atoms with Crippen LogP contribution in [-0.2, 0) is 9.53 Å². The molecule has 1 fully saturated rings. The van der Waals surface area contributed by atoms with Gasteiger partial charge in [0.25, 0.3) is 0 Å². The Morgan fingerprint density at radius 1 is 1.32 bits per heavy atom. The van der Waals surface area contributed by atoms with Crippen LogP contribution in [0.25, 0.3) is 0 Å². The molecule has 6 heteroatoms. The van der Waals surface area contributed by atoms with E-state index >= 15 is 0 Å². The summed E-state index contributed by atoms with van der Waals surface area (Å²) in [4.78, 5) is 15.8. The Labute approximate surface area is 133 Å². The molecule has 2 N–H and O–H groups in total. The molecule has 0 aromatic rings. The van der Waals surface area contributed by atoms with Crippen LogP contribution in [0.2, 0.25) is 0 Å². The molecule has 1 aliphatic rings. The second kappa shape index (κ2) is 8.60. The van der Waals surface area contributed by atoms with E-state index in [1.807, 2.05) is 27.7 Å². The summed E-state index contributed by atoms with van der Waals surface area (Å²) < 4.78 is 5.20. The molecule has 1 rings (SSSR count). The first-order chi connectivity index (χ1) is 8.40. The van der Waals surface area contributed by atoms with Crippen molar-refractivity contribution >= 4 is 35.9 Å². The SMILES string of the molecule is CCNC(=NCC(=O)OC(C)(C)C)NCC1CC1.I. The molecule has 0 aromatic carbocycles. The Kier molecular flexibility index (Phi) is 8.36. The number of halogens is 1. The van der Waals surface area contributed by atoms with Crippen molar-refractivity contribution in [2.45, 2.75) is 46.1 Å². The van der Waals surface area contributed by atoms with Crippen LogP contribution in [0.3, 0.4) is 0 Å². The quantitative estimate of drug-likeness (QED) is 0.330. The fourth-order valence-corrected chi connectivity index (χ4v) is 1.42. The summed E-state index contributed by atoms with van der Waals surface area (Å²) in [6.45, 7) is 9.32. The molecule has 5 nitrogen and oxygen atoms in total. The zero-order valence-corrected chi connectivity index (χ0v) is 14.6. The third-order valence-corrected chi connectivity index (χ3v) is 2.39. The molecule has 0 spiro atoms. The summed E-state index contributed by atoms with van der Waals surface area (Å²) in [5.41, 5.74) is -0.452. The number of aliphatic imine (C=N–C) groups is 1. The molecule has 1 saturated carbocycles. The van der Waals surface area contributed by atoms with E-state index in [4.69, 9.17) is 4.74 Å². The lowest BCUT2D eigenvalue weighted by Gasteiger charge is -2.19. The monoisotopic (exact) mass is 383 g/mol. The van der Waals surface area contributed by atoms with Crippen LogP contribution in [0.5, 0.6) is 0 Å². The first-order valence-electron chi connectivity index (χ1n) is 6.64. The molecule has 0 aromatic heterocycles. The zero-order valence-electron chi connectivity index (χ0n) is 12.3. The highest BCUT2D eigenvalue weighted by Crippen LogP contribution is 2.27. The summed E-state index contributed by atoms with van der Waals surface area (Å²) in [7, 11) is 0. The van der Waals surface area contributed by atoms with Gasteiger partial charge in [-0.15, -0.1) is 24.0 Å². The highest BCUT2D eigenvalue weighted by Gasteiger charge is 2.21. The first kappa shape index (κ1) is 18.5. The lowest BCUT2D eigenvalue weighted by molar-refractivity contribution is -0.152. The number of esters is 1. The number of ether oxygens (including phenoxy) is 1. The summed E-state index contributed by atoms with van der Waals surface area (Å²) in [5, 5.41) is 6.35. The van der Waals surface area contributed by atoms with E-state index in [2.05, 4.69) is 15.6 Å². The fourth-order valence-electron chi connectivity index (χ4n) is 1.42. The third kappa shape index (κ3) is 9.98. The van der Waals surface area contributed by atoms with E-state index in [1.165, 1.54) is 12.8 Å². The number of nitrogens with zero attached hydrogens (tertiary/aromatic N) is 1. The Hall–Kier alpha value is -0.530. The van der Waals surface area contributed by atoms with Gasteiger partial charge in [0.2, 0.25) is 0 Å². The number of hydrogen-bond acceptors (Lipinski definition) is 3. The molecule has 1 aliphatic carbocycles. The van der Waals surface area contributed by atoms with Crippen molar-refractivity contribution in [3.8, 4) is 0 Å². The average molecular weight is 383 g/mol. The third-order valence-electron chi connectivity index (χ3n) is 2.39. The maximum atomic E-state index is 11.5. The summed E-state index contributed by atoms with van der Waals surface area (Å²) in [6.07, 6.45) is 2.58. The minimum absolute atomic E-state index is 0. The van der Waals surface area contributed by atoms with Gasteiger partial charge >= 0.3 is 5.97 Å². The molecular formula is C13H26IN3O2. The molecule has 0 amide bonds. The number of carbonyl (C=O) groups is 1. The molecule has 19 heavy (non-hydrogen) atoms. The predicted molar refractivity (Wildman–Crippen MR) is 88.0 cm³/mol. The molecule has 0 atom stereocenters. The fraction of sp³-hybridized carbons (Fsp3) is 0.846. The van der Waals surface area contributed by atoms with Crippen LogP contribution in [0.15, 0.2) is 4.99 Å². The standard InChI is InChI=1S/C13H25N3O2.HI/c1-5-14-12(15-8-10-6-7-10)16-9-11(17)18-13(2,3)4;/h10H,5-9H2,1-4H3,(H2,14,15,16);1H. The molecule has 0 saturated heterocycles. The summed E-state index contributed by atoms with van der Waals surface area (Å²) in [5.74, 6) is 1.16. The number of hydrogen-bond donors (Lipinski definition) is 2. The van der Waals surface area contributed by atoms with Gasteiger partial charge in [-0.25, -0.2) is 4.99 Å². The van der Waals surface area contributed by atoms with Crippen molar-refractivity contribution < 1.29 is 9.53 Å². The van der Waals surface area contributed by atoms with Crippen molar-refractivity contribution in [2.75, 3.05) is 19.6 Å². The van der Waals surface area contributed by atoms with E-state index < -0.39 is 5.60 Å². The van der Waals surface area contributed by atoms with Crippen LogP contribution in [0, 0.1) is 5.92 Å². The van der Waals surface area contributed by atoms with Crippen molar-refractivity contribution in [3.63, 3.8) is 0 Å². The highest BCUT2D eigenvalue weighted by atomic mass is 127. The average Bonchev–Trinajstić information content (AvgIpc) is 3.03. The molecule has 0 unspecified atom stereocenters. The van der Waals surface area contributed by atoms with Crippen LogP contribution in [0.1, 0.15) is 40.5 Å². The largest absolute Gasteiger partial charge is 0.459 e. The highest BCUT2D eigenvalue weighted by molar-refractivity contribution is 14.0. The van der Waals surface area contributed by atoms with Gasteiger partial charge in [-0.05, 0) is 46.5 Å². The molecule has 112 valence electrons. The molecule has 0 bridgehead atoms. The van der Waals surface area contributed by atoms with Crippen molar-refractivity contribution in [1.29, 1.82) is 0 Å². The maximum Gasteiger partial charge on any atom is 0.328 e. The van der Waals surface area contributed by atoms with Crippen molar-refractivity contribution in [3.05, 3.63) is 0 Å². The van der Waals surface area contributed by atoms with Gasteiger partial charge in [-0.2, -0.15) is 0 Å². The van der Waals surface area contributed by atoms with Crippen LogP contribution >= 0.6 is 24.0 Å². The molecule has 0 radical (unpaired) electrons. The van der Waals surface area contributed by atoms with Gasteiger partial charge in [0, 0.05) is 13.1 Å². The van der Waals surface area contributed by atoms with E-state index in [9.17, 15) is 4.79 Å². The number of guanidine groups is 1. The molecule has 0 aliphatic heterocycles. The van der Waals surface area contributed by atoms with E-state index in [0.29, 0.717) is 5.96 Å². The summed E-state index contributed by atoms with van der Waals surface area (Å²) in [6, 6.07) is 0. The number of rotatable bonds is 5. The van der Waals surface area contributed by atoms with Gasteiger partial charge in [-0.3, -0.25) is 4.79 Å².